The molecule has 1 N–H and O–H groups in total. The molecule has 0 spiro atoms. The molecule has 28 heavy (non-hydrogen) atoms. The van der Waals surface area contributed by atoms with Crippen LogP contribution in [0.25, 0.3) is 0 Å². The Hall–Kier alpha value is -1.46. The van der Waals surface area contributed by atoms with Gasteiger partial charge in [-0.15, -0.1) is 0 Å². The summed E-state index contributed by atoms with van der Waals surface area (Å²) < 4.78 is 95.3. The van der Waals surface area contributed by atoms with Crippen LogP contribution in [0.1, 0.15) is 19.4 Å². The smallest absolute Gasteiger partial charge is 0.430 e. The van der Waals surface area contributed by atoms with Crippen molar-refractivity contribution in [3.05, 3.63) is 29.8 Å². The number of rotatable bonds is 9. The van der Waals surface area contributed by atoms with Gasteiger partial charge in [0.15, 0.2) is 0 Å². The van der Waals surface area contributed by atoms with Gasteiger partial charge in [-0.3, -0.25) is 4.57 Å². The summed E-state index contributed by atoms with van der Waals surface area (Å²) >= 11 is 0. The molecule has 0 amide bonds. The minimum atomic E-state index is -5.72. The summed E-state index contributed by atoms with van der Waals surface area (Å²) in [6.07, 6.45) is -5.72. The van der Waals surface area contributed by atoms with Crippen molar-refractivity contribution >= 4 is 23.6 Å². The zero-order valence-corrected chi connectivity index (χ0v) is 17.3. The molecule has 0 bridgehead atoms. The molecule has 160 valence electrons. The fourth-order valence-electron chi connectivity index (χ4n) is 2.23. The number of nitrogens with one attached hydrogen (secondary N) is 1. The summed E-state index contributed by atoms with van der Waals surface area (Å²) in [7, 11) is -9.88. The third-order valence-electron chi connectivity index (χ3n) is 3.51. The summed E-state index contributed by atoms with van der Waals surface area (Å²) in [5.74, 6) is -2.18. The number of benzene rings is 1. The van der Waals surface area contributed by atoms with E-state index < -0.39 is 53.2 Å². The van der Waals surface area contributed by atoms with Gasteiger partial charge in [0.1, 0.15) is 0 Å². The first-order valence-corrected chi connectivity index (χ1v) is 11.0. The molecular weight excluding hydrogens is 426 g/mol. The molecule has 1 aromatic rings. The van der Waals surface area contributed by atoms with Gasteiger partial charge in [-0.05, 0) is 32.9 Å². The molecule has 0 aliphatic heterocycles. The van der Waals surface area contributed by atoms with Crippen LogP contribution in [0.3, 0.4) is 0 Å². The highest BCUT2D eigenvalue weighted by atomic mass is 32.2. The highest BCUT2D eigenvalue weighted by Gasteiger charge is 2.76. The van der Waals surface area contributed by atoms with Crippen molar-refractivity contribution in [3.63, 3.8) is 0 Å². The molecule has 0 fully saturated rings. The third-order valence-corrected chi connectivity index (χ3v) is 7.70. The molecule has 0 unspecified atom stereocenters. The van der Waals surface area contributed by atoms with E-state index in [9.17, 15) is 30.9 Å². The number of esters is 1. The maximum absolute atomic E-state index is 14.1. The molecule has 0 heterocycles. The number of hydrogen-bond acceptors (Lipinski definition) is 7. The minimum Gasteiger partial charge on any atom is -0.467 e. The van der Waals surface area contributed by atoms with Crippen molar-refractivity contribution in [3.8, 4) is 0 Å². The molecule has 0 aliphatic carbocycles. The summed E-state index contributed by atoms with van der Waals surface area (Å²) in [6, 6.07) is 4.74. The van der Waals surface area contributed by atoms with Gasteiger partial charge in [-0.25, -0.2) is 13.2 Å². The number of alkyl halides is 3. The Kier molecular flexibility index (Phi) is 7.82. The number of sulfonamides is 1. The number of halogens is 3. The van der Waals surface area contributed by atoms with Gasteiger partial charge in [0.05, 0.1) is 25.2 Å². The van der Waals surface area contributed by atoms with Gasteiger partial charge >= 0.3 is 25.0 Å². The van der Waals surface area contributed by atoms with E-state index in [0.29, 0.717) is 12.7 Å². The first kappa shape index (κ1) is 24.6. The van der Waals surface area contributed by atoms with Gasteiger partial charge in [0.2, 0.25) is 10.0 Å². The van der Waals surface area contributed by atoms with Crippen molar-refractivity contribution in [2.45, 2.75) is 37.1 Å². The van der Waals surface area contributed by atoms with Crippen molar-refractivity contribution in [2.75, 3.05) is 20.3 Å². The Morgan fingerprint density at radius 1 is 1.11 bits per heavy atom. The Morgan fingerprint density at radius 3 is 1.93 bits per heavy atom. The van der Waals surface area contributed by atoms with Crippen LogP contribution < -0.4 is 4.72 Å². The molecule has 13 heteroatoms. The standard InChI is InChI=1S/C15H21F3NO7PS/c1-5-25-27(21,26-6-2)14(13(20)24-4,15(16,17)18)19-28(22,23)12-9-7-11(3)8-10-12/h7-10,19H,5-6H2,1-4H3/t14-/m0/s1. The van der Waals surface area contributed by atoms with Crippen LogP contribution in [-0.4, -0.2) is 46.2 Å². The van der Waals surface area contributed by atoms with Crippen LogP contribution in [0.15, 0.2) is 29.2 Å². The second kappa shape index (κ2) is 8.91. The van der Waals surface area contributed by atoms with Gasteiger partial charge in [-0.1, -0.05) is 17.7 Å². The minimum absolute atomic E-state index is 0.557. The van der Waals surface area contributed by atoms with Crippen molar-refractivity contribution < 1.29 is 44.7 Å². The topological polar surface area (TPSA) is 108 Å². The maximum Gasteiger partial charge on any atom is 0.430 e. The lowest BCUT2D eigenvalue weighted by atomic mass is 10.2. The molecule has 8 nitrogen and oxygen atoms in total. The van der Waals surface area contributed by atoms with Crippen LogP contribution in [0.4, 0.5) is 13.2 Å². The Bertz CT molecular complexity index is 832. The predicted octanol–water partition coefficient (Wildman–Crippen LogP) is 2.97. The summed E-state index contributed by atoms with van der Waals surface area (Å²) in [5, 5.41) is -4.30. The Labute approximate surface area is 160 Å². The molecule has 1 aromatic carbocycles. The van der Waals surface area contributed by atoms with E-state index in [2.05, 4.69) is 13.8 Å². The number of aryl methyl sites for hydroxylation is 1. The number of carbonyl (C=O) groups is 1. The van der Waals surface area contributed by atoms with Crippen LogP contribution in [0.5, 0.6) is 0 Å². The largest absolute Gasteiger partial charge is 0.467 e. The molecular formula is C15H21F3NO7PS. The van der Waals surface area contributed by atoms with E-state index in [1.54, 1.807) is 6.92 Å². The molecule has 0 aliphatic rings. The molecule has 1 atom stereocenters. The van der Waals surface area contributed by atoms with Crippen LogP contribution >= 0.6 is 7.60 Å². The van der Waals surface area contributed by atoms with Gasteiger partial charge in [-0.2, -0.15) is 17.9 Å². The zero-order chi connectivity index (χ0) is 21.8. The van der Waals surface area contributed by atoms with Crippen LogP contribution in [-0.2, 0) is 33.2 Å². The number of carbonyl (C=O) groups excluding carboxylic acids is 1. The fourth-order valence-corrected chi connectivity index (χ4v) is 6.00. The van der Waals surface area contributed by atoms with E-state index in [1.165, 1.54) is 30.7 Å². The van der Waals surface area contributed by atoms with E-state index >= 15 is 0 Å². The SMILES string of the molecule is CCOP(=O)(OCC)[C@@](NS(=O)(=O)c1ccc(C)cc1)(C(=O)OC)C(F)(F)F. The number of methoxy groups -OCH3 is 1. The number of ether oxygens (including phenoxy) is 1. The lowest BCUT2D eigenvalue weighted by Crippen LogP contribution is -2.64. The first-order valence-electron chi connectivity index (χ1n) is 7.96. The average Bonchev–Trinajstić information content (AvgIpc) is 2.58. The van der Waals surface area contributed by atoms with E-state index in [0.717, 1.165) is 12.1 Å². The second-order valence-corrected chi connectivity index (χ2v) is 9.32. The highest BCUT2D eigenvalue weighted by Crippen LogP contribution is 2.65. The summed E-state index contributed by atoms with van der Waals surface area (Å²) in [4.78, 5) is 11.7. The first-order chi connectivity index (χ1) is 12.8. The highest BCUT2D eigenvalue weighted by molar-refractivity contribution is 7.90. The van der Waals surface area contributed by atoms with Crippen molar-refractivity contribution in [1.82, 2.24) is 4.72 Å². The van der Waals surface area contributed by atoms with E-state index in [-0.39, 0.29) is 0 Å². The number of hydrogen-bond donors (Lipinski definition) is 1. The van der Waals surface area contributed by atoms with Gasteiger partial charge in [0, 0.05) is 0 Å². The van der Waals surface area contributed by atoms with Crippen LogP contribution in [0.2, 0.25) is 0 Å². The monoisotopic (exact) mass is 447 g/mol. The molecule has 0 saturated heterocycles. The normalized spacial score (nSPS) is 15.1. The second-order valence-electron chi connectivity index (χ2n) is 5.45. The Balaban J connectivity index is 3.77. The lowest BCUT2D eigenvalue weighted by Gasteiger charge is -2.37. The average molecular weight is 447 g/mol. The molecule has 0 aromatic heterocycles. The van der Waals surface area contributed by atoms with Crippen molar-refractivity contribution in [1.29, 1.82) is 0 Å². The quantitative estimate of drug-likeness (QED) is 0.458. The predicted molar refractivity (Wildman–Crippen MR) is 93.2 cm³/mol. The molecule has 0 saturated carbocycles. The molecule has 0 radical (unpaired) electrons. The zero-order valence-electron chi connectivity index (χ0n) is 15.6. The van der Waals surface area contributed by atoms with Crippen molar-refractivity contribution in [2.24, 2.45) is 0 Å². The Morgan fingerprint density at radius 2 is 1.57 bits per heavy atom. The maximum atomic E-state index is 14.1. The third kappa shape index (κ3) is 4.57. The summed E-state index contributed by atoms with van der Waals surface area (Å²) in [5.41, 5.74) is 0.642. The molecule has 1 rings (SSSR count). The lowest BCUT2D eigenvalue weighted by molar-refractivity contribution is -0.193. The van der Waals surface area contributed by atoms with Gasteiger partial charge in [0.25, 0.3) is 0 Å². The van der Waals surface area contributed by atoms with E-state index in [1.807, 2.05) is 0 Å². The van der Waals surface area contributed by atoms with Crippen LogP contribution in [0, 0.1) is 6.92 Å². The fraction of sp³-hybridized carbons (Fsp3) is 0.533. The van der Waals surface area contributed by atoms with Gasteiger partial charge < -0.3 is 13.8 Å². The van der Waals surface area contributed by atoms with E-state index in [4.69, 9.17) is 0 Å². The summed E-state index contributed by atoms with van der Waals surface area (Å²) in [6.45, 7) is 2.94.